The van der Waals surface area contributed by atoms with Gasteiger partial charge in [-0.15, -0.1) is 0 Å². The second-order valence-corrected chi connectivity index (χ2v) is 4.06. The van der Waals surface area contributed by atoms with Gasteiger partial charge >= 0.3 is 0 Å². The van der Waals surface area contributed by atoms with Crippen LogP contribution in [0.25, 0.3) is 0 Å². The molecule has 0 saturated heterocycles. The lowest BCUT2D eigenvalue weighted by Crippen LogP contribution is -2.23. The fourth-order valence-electron chi connectivity index (χ4n) is 0.986. The van der Waals surface area contributed by atoms with E-state index in [0.29, 0.717) is 4.47 Å². The van der Waals surface area contributed by atoms with Crippen molar-refractivity contribution >= 4 is 21.8 Å². The summed E-state index contributed by atoms with van der Waals surface area (Å²) in [6, 6.07) is 4.32. The normalized spacial score (nSPS) is 10.0. The molecule has 0 aliphatic rings. The maximum atomic E-state index is 12.7. The van der Waals surface area contributed by atoms with E-state index in [1.54, 1.807) is 20.2 Å². The minimum Gasteiger partial charge on any atom is -0.349 e. The molecule has 0 heterocycles. The molecule has 2 nitrogen and oxygen atoms in total. The van der Waals surface area contributed by atoms with Crippen molar-refractivity contribution < 1.29 is 9.18 Å². The van der Waals surface area contributed by atoms with Crippen LogP contribution in [0.5, 0.6) is 0 Å². The highest BCUT2D eigenvalue weighted by atomic mass is 79.9. The van der Waals surface area contributed by atoms with Gasteiger partial charge in [0.15, 0.2) is 0 Å². The molecular formula is C10H11BrFNO. The smallest absolute Gasteiger partial charge is 0.226 e. The molecule has 76 valence electrons. The van der Waals surface area contributed by atoms with Crippen LogP contribution in [0, 0.1) is 5.82 Å². The van der Waals surface area contributed by atoms with Crippen molar-refractivity contribution in [1.29, 1.82) is 0 Å². The van der Waals surface area contributed by atoms with Crippen molar-refractivity contribution in [3.8, 4) is 0 Å². The van der Waals surface area contributed by atoms with E-state index in [4.69, 9.17) is 0 Å². The van der Waals surface area contributed by atoms with E-state index in [1.807, 2.05) is 0 Å². The van der Waals surface area contributed by atoms with Crippen molar-refractivity contribution in [3.63, 3.8) is 0 Å². The summed E-state index contributed by atoms with van der Waals surface area (Å²) >= 11 is 3.21. The molecule has 4 heteroatoms. The molecule has 0 N–H and O–H groups in total. The number of rotatable bonds is 2. The number of likely N-dealkylation sites (N-methyl/N-ethyl adjacent to an activating group) is 1. The van der Waals surface area contributed by atoms with Gasteiger partial charge in [-0.2, -0.15) is 0 Å². The molecule has 1 aromatic rings. The Bertz CT molecular complexity index is 352. The van der Waals surface area contributed by atoms with E-state index in [9.17, 15) is 9.18 Å². The highest BCUT2D eigenvalue weighted by molar-refractivity contribution is 9.10. The summed E-state index contributed by atoms with van der Waals surface area (Å²) < 4.78 is 13.4. The van der Waals surface area contributed by atoms with Gasteiger partial charge in [0.05, 0.1) is 6.42 Å². The third kappa shape index (κ3) is 2.80. The van der Waals surface area contributed by atoms with Gasteiger partial charge in [-0.25, -0.2) is 4.39 Å². The van der Waals surface area contributed by atoms with Crippen LogP contribution in [0.3, 0.4) is 0 Å². The van der Waals surface area contributed by atoms with Crippen LogP contribution >= 0.6 is 15.9 Å². The van der Waals surface area contributed by atoms with Crippen LogP contribution < -0.4 is 0 Å². The Hall–Kier alpha value is -0.900. The fraction of sp³-hybridized carbons (Fsp3) is 0.300. The van der Waals surface area contributed by atoms with Gasteiger partial charge in [-0.3, -0.25) is 4.79 Å². The highest BCUT2D eigenvalue weighted by Crippen LogP contribution is 2.18. The molecular weight excluding hydrogens is 249 g/mol. The number of benzene rings is 1. The first kappa shape index (κ1) is 11.2. The van der Waals surface area contributed by atoms with Gasteiger partial charge in [0, 0.05) is 18.6 Å². The second-order valence-electron chi connectivity index (χ2n) is 3.20. The lowest BCUT2D eigenvalue weighted by Gasteiger charge is -2.10. The Morgan fingerprint density at radius 1 is 1.50 bits per heavy atom. The van der Waals surface area contributed by atoms with Gasteiger partial charge in [-0.05, 0) is 17.7 Å². The number of amides is 1. The van der Waals surface area contributed by atoms with Crippen molar-refractivity contribution in [3.05, 3.63) is 34.1 Å². The van der Waals surface area contributed by atoms with Crippen molar-refractivity contribution in [2.45, 2.75) is 6.42 Å². The topological polar surface area (TPSA) is 20.3 Å². The van der Waals surface area contributed by atoms with E-state index in [1.165, 1.54) is 17.0 Å². The Morgan fingerprint density at radius 2 is 2.14 bits per heavy atom. The van der Waals surface area contributed by atoms with Crippen molar-refractivity contribution in [1.82, 2.24) is 4.90 Å². The van der Waals surface area contributed by atoms with Gasteiger partial charge in [0.1, 0.15) is 5.82 Å². The molecule has 0 aliphatic carbocycles. The first-order chi connectivity index (χ1) is 6.50. The number of halogens is 2. The van der Waals surface area contributed by atoms with Gasteiger partial charge in [-0.1, -0.05) is 22.0 Å². The van der Waals surface area contributed by atoms with E-state index in [-0.39, 0.29) is 18.1 Å². The lowest BCUT2D eigenvalue weighted by molar-refractivity contribution is -0.127. The van der Waals surface area contributed by atoms with Gasteiger partial charge < -0.3 is 4.90 Å². The minimum atomic E-state index is -0.307. The van der Waals surface area contributed by atoms with Crippen LogP contribution in [0.2, 0.25) is 0 Å². The zero-order valence-corrected chi connectivity index (χ0v) is 9.64. The summed E-state index contributed by atoms with van der Waals surface area (Å²) in [6.07, 6.45) is 0.286. The third-order valence-electron chi connectivity index (χ3n) is 1.86. The minimum absolute atomic E-state index is 0.00249. The number of carbonyl (C=O) groups excluding carboxylic acids is 1. The zero-order chi connectivity index (χ0) is 10.7. The fourth-order valence-corrected chi connectivity index (χ4v) is 1.48. The summed E-state index contributed by atoms with van der Waals surface area (Å²) in [5, 5.41) is 0. The number of hydrogen-bond donors (Lipinski definition) is 0. The van der Waals surface area contributed by atoms with Gasteiger partial charge in [0.2, 0.25) is 5.91 Å². The first-order valence-corrected chi connectivity index (χ1v) is 4.94. The number of carbonyl (C=O) groups is 1. The summed E-state index contributed by atoms with van der Waals surface area (Å²) in [4.78, 5) is 12.9. The summed E-state index contributed by atoms with van der Waals surface area (Å²) in [7, 11) is 3.39. The molecule has 0 saturated carbocycles. The highest BCUT2D eigenvalue weighted by Gasteiger charge is 2.08. The first-order valence-electron chi connectivity index (χ1n) is 4.15. The molecule has 0 unspecified atom stereocenters. The maximum absolute atomic E-state index is 12.7. The van der Waals surface area contributed by atoms with Crippen LogP contribution in [-0.4, -0.2) is 24.9 Å². The molecule has 0 bridgehead atoms. The average Bonchev–Trinajstić information content (AvgIpc) is 2.09. The van der Waals surface area contributed by atoms with E-state index in [2.05, 4.69) is 15.9 Å². The molecule has 0 aromatic heterocycles. The molecule has 1 aromatic carbocycles. The molecule has 1 rings (SSSR count). The van der Waals surface area contributed by atoms with Crippen LogP contribution in [0.15, 0.2) is 22.7 Å². The standard InChI is InChI=1S/C10H11BrFNO/c1-13(2)10(14)5-7-3-4-8(12)6-9(7)11/h3-4,6H,5H2,1-2H3. The Balaban J connectivity index is 2.82. The Morgan fingerprint density at radius 3 is 2.64 bits per heavy atom. The predicted octanol–water partition coefficient (Wildman–Crippen LogP) is 2.22. The number of nitrogens with zero attached hydrogens (tertiary/aromatic N) is 1. The van der Waals surface area contributed by atoms with Crippen molar-refractivity contribution in [2.75, 3.05) is 14.1 Å². The molecule has 0 atom stereocenters. The molecule has 0 radical (unpaired) electrons. The van der Waals surface area contributed by atoms with Crippen LogP contribution in [0.1, 0.15) is 5.56 Å². The zero-order valence-electron chi connectivity index (χ0n) is 8.05. The largest absolute Gasteiger partial charge is 0.349 e. The van der Waals surface area contributed by atoms with Crippen LogP contribution in [-0.2, 0) is 11.2 Å². The average molecular weight is 260 g/mol. The summed E-state index contributed by atoms with van der Waals surface area (Å²) in [5.74, 6) is -0.310. The molecule has 1 amide bonds. The predicted molar refractivity (Wildman–Crippen MR) is 56.5 cm³/mol. The maximum Gasteiger partial charge on any atom is 0.226 e. The lowest BCUT2D eigenvalue weighted by atomic mass is 10.1. The molecule has 14 heavy (non-hydrogen) atoms. The van der Waals surface area contributed by atoms with Crippen LogP contribution in [0.4, 0.5) is 4.39 Å². The van der Waals surface area contributed by atoms with Crippen molar-refractivity contribution in [2.24, 2.45) is 0 Å². The molecule has 0 aliphatic heterocycles. The summed E-state index contributed by atoms with van der Waals surface area (Å²) in [6.45, 7) is 0. The molecule has 0 spiro atoms. The number of hydrogen-bond acceptors (Lipinski definition) is 1. The Labute approximate surface area is 90.8 Å². The quantitative estimate of drug-likeness (QED) is 0.798. The Kier molecular flexibility index (Phi) is 3.63. The second kappa shape index (κ2) is 4.55. The van der Waals surface area contributed by atoms with E-state index >= 15 is 0 Å². The SMILES string of the molecule is CN(C)C(=O)Cc1ccc(F)cc1Br. The summed E-state index contributed by atoms with van der Waals surface area (Å²) in [5.41, 5.74) is 0.796. The molecule has 0 fully saturated rings. The van der Waals surface area contributed by atoms with Gasteiger partial charge in [0.25, 0.3) is 0 Å². The van der Waals surface area contributed by atoms with E-state index in [0.717, 1.165) is 5.56 Å². The third-order valence-corrected chi connectivity index (χ3v) is 2.59. The van der Waals surface area contributed by atoms with E-state index < -0.39 is 0 Å². The monoisotopic (exact) mass is 259 g/mol.